The number of aliphatic imine (C=N–C) groups is 1. The Kier molecular flexibility index (Phi) is 12.9. The van der Waals surface area contributed by atoms with Crippen molar-refractivity contribution in [2.75, 3.05) is 47.4 Å². The zero-order chi connectivity index (χ0) is 18.7. The number of likely N-dealkylation sites (N-methyl/N-ethyl adjacent to an activating group) is 2. The zero-order valence-electron chi connectivity index (χ0n) is 16.6. The maximum Gasteiger partial charge on any atom is 0.243 e. The second kappa shape index (κ2) is 13.7. The van der Waals surface area contributed by atoms with E-state index in [0.29, 0.717) is 13.2 Å². The fraction of sp³-hybridized carbons (Fsp3) is 0.579. The van der Waals surface area contributed by atoms with Crippen LogP contribution in [0, 0.1) is 6.92 Å². The molecular weight excluding hydrogens is 443 g/mol. The summed E-state index contributed by atoms with van der Waals surface area (Å²) in [6.07, 6.45) is 2.17. The monoisotopic (exact) mass is 476 g/mol. The predicted octanol–water partition coefficient (Wildman–Crippen LogP) is 2.76. The molecule has 0 saturated heterocycles. The Labute approximate surface area is 175 Å². The molecule has 0 fully saturated rings. The van der Waals surface area contributed by atoms with Gasteiger partial charge in [0.05, 0.1) is 6.54 Å². The quantitative estimate of drug-likeness (QED) is 0.258. The number of unbranched alkanes of at least 4 members (excludes halogenated alkanes) is 1. The van der Waals surface area contributed by atoms with Crippen LogP contribution in [0.5, 0.6) is 5.75 Å². The van der Waals surface area contributed by atoms with Gasteiger partial charge in [0.1, 0.15) is 18.9 Å². The number of hydrogen-bond donors (Lipinski definition) is 1. The summed E-state index contributed by atoms with van der Waals surface area (Å²) >= 11 is 0. The van der Waals surface area contributed by atoms with Gasteiger partial charge in [-0.2, -0.15) is 0 Å². The van der Waals surface area contributed by atoms with Gasteiger partial charge in [0.15, 0.2) is 5.96 Å². The number of rotatable bonds is 9. The Bertz CT molecular complexity index is 547. The van der Waals surface area contributed by atoms with E-state index in [2.05, 4.69) is 24.2 Å². The molecule has 0 unspecified atom stereocenters. The highest BCUT2D eigenvalue weighted by atomic mass is 127. The minimum atomic E-state index is -0.0147. The first-order chi connectivity index (χ1) is 11.9. The highest BCUT2D eigenvalue weighted by Crippen LogP contribution is 2.11. The highest BCUT2D eigenvalue weighted by Gasteiger charge is 2.09. The van der Waals surface area contributed by atoms with E-state index in [-0.39, 0.29) is 36.4 Å². The van der Waals surface area contributed by atoms with E-state index in [1.165, 1.54) is 5.56 Å². The molecule has 0 aliphatic heterocycles. The fourth-order valence-corrected chi connectivity index (χ4v) is 2.01. The number of carbonyl (C=O) groups excluding carboxylic acids is 1. The number of benzene rings is 1. The standard InChI is InChI=1S/C19H32N4O2.HI/c1-6-7-12-20-19(21-15-18(24)22(3)4)23(5)13-14-25-17-10-8-16(2)9-11-17;/h8-11H,6-7,12-15H2,1-5H3,(H,20,21);1H. The van der Waals surface area contributed by atoms with Crippen molar-refractivity contribution >= 4 is 35.8 Å². The fourth-order valence-electron chi connectivity index (χ4n) is 2.01. The molecule has 1 N–H and O–H groups in total. The molecular formula is C19H33IN4O2. The van der Waals surface area contributed by atoms with Crippen molar-refractivity contribution in [2.24, 2.45) is 4.99 Å². The summed E-state index contributed by atoms with van der Waals surface area (Å²) in [6.45, 7) is 6.42. The van der Waals surface area contributed by atoms with Gasteiger partial charge in [0.2, 0.25) is 5.91 Å². The lowest BCUT2D eigenvalue weighted by molar-refractivity contribution is -0.127. The maximum absolute atomic E-state index is 11.8. The van der Waals surface area contributed by atoms with Crippen LogP contribution < -0.4 is 10.1 Å². The van der Waals surface area contributed by atoms with Gasteiger partial charge in [-0.3, -0.25) is 4.79 Å². The topological polar surface area (TPSA) is 57.2 Å². The molecule has 7 heteroatoms. The second-order valence-corrected chi connectivity index (χ2v) is 6.29. The normalized spacial score (nSPS) is 10.7. The number of carbonyl (C=O) groups is 1. The molecule has 0 aliphatic rings. The molecule has 0 aromatic heterocycles. The summed E-state index contributed by atoms with van der Waals surface area (Å²) in [6, 6.07) is 8.01. The van der Waals surface area contributed by atoms with E-state index in [4.69, 9.17) is 4.74 Å². The first-order valence-electron chi connectivity index (χ1n) is 8.83. The van der Waals surface area contributed by atoms with Gasteiger partial charge >= 0.3 is 0 Å². The third kappa shape index (κ3) is 9.84. The van der Waals surface area contributed by atoms with Crippen LogP contribution in [-0.4, -0.2) is 69.1 Å². The van der Waals surface area contributed by atoms with E-state index in [0.717, 1.165) is 31.1 Å². The van der Waals surface area contributed by atoms with Crippen molar-refractivity contribution in [2.45, 2.75) is 26.7 Å². The predicted molar refractivity (Wildman–Crippen MR) is 119 cm³/mol. The van der Waals surface area contributed by atoms with Crippen LogP contribution in [0.2, 0.25) is 0 Å². The smallest absolute Gasteiger partial charge is 0.243 e. The number of guanidine groups is 1. The third-order valence-electron chi connectivity index (χ3n) is 3.75. The van der Waals surface area contributed by atoms with Crippen LogP contribution in [0.25, 0.3) is 0 Å². The molecule has 0 saturated carbocycles. The van der Waals surface area contributed by atoms with Crippen LogP contribution >= 0.6 is 24.0 Å². The number of amides is 1. The number of aryl methyl sites for hydroxylation is 1. The van der Waals surface area contributed by atoms with Gasteiger partial charge in [-0.15, -0.1) is 24.0 Å². The largest absolute Gasteiger partial charge is 0.492 e. The summed E-state index contributed by atoms with van der Waals surface area (Å²) in [7, 11) is 5.43. The van der Waals surface area contributed by atoms with Crippen molar-refractivity contribution in [3.63, 3.8) is 0 Å². The molecule has 0 aliphatic carbocycles. The summed E-state index contributed by atoms with van der Waals surface area (Å²) in [5, 5.41) is 3.32. The van der Waals surface area contributed by atoms with E-state index >= 15 is 0 Å². The Morgan fingerprint density at radius 3 is 2.42 bits per heavy atom. The van der Waals surface area contributed by atoms with Crippen molar-refractivity contribution in [3.8, 4) is 5.75 Å². The second-order valence-electron chi connectivity index (χ2n) is 6.29. The number of hydrogen-bond acceptors (Lipinski definition) is 3. The molecule has 1 rings (SSSR count). The first-order valence-corrected chi connectivity index (χ1v) is 8.83. The average Bonchev–Trinajstić information content (AvgIpc) is 2.59. The van der Waals surface area contributed by atoms with Crippen molar-refractivity contribution in [1.82, 2.24) is 15.1 Å². The molecule has 0 heterocycles. The summed E-state index contributed by atoms with van der Waals surface area (Å²) in [4.78, 5) is 19.8. The summed E-state index contributed by atoms with van der Waals surface area (Å²) in [5.41, 5.74) is 1.21. The van der Waals surface area contributed by atoms with E-state index in [1.54, 1.807) is 19.0 Å². The molecule has 0 bridgehead atoms. The zero-order valence-corrected chi connectivity index (χ0v) is 18.9. The Balaban J connectivity index is 0.00000625. The Hall–Kier alpha value is -1.51. The van der Waals surface area contributed by atoms with Gasteiger partial charge in [0.25, 0.3) is 0 Å². The van der Waals surface area contributed by atoms with Crippen molar-refractivity contribution in [1.29, 1.82) is 0 Å². The molecule has 0 spiro atoms. The Morgan fingerprint density at radius 2 is 1.85 bits per heavy atom. The van der Waals surface area contributed by atoms with Gasteiger partial charge in [-0.1, -0.05) is 31.0 Å². The van der Waals surface area contributed by atoms with Gasteiger partial charge in [-0.25, -0.2) is 4.99 Å². The lowest BCUT2D eigenvalue weighted by atomic mass is 10.2. The molecule has 26 heavy (non-hydrogen) atoms. The van der Waals surface area contributed by atoms with Crippen molar-refractivity contribution < 1.29 is 9.53 Å². The lowest BCUT2D eigenvalue weighted by Crippen LogP contribution is -2.42. The minimum absolute atomic E-state index is 0. The number of halogens is 1. The van der Waals surface area contributed by atoms with Crippen LogP contribution in [-0.2, 0) is 4.79 Å². The van der Waals surface area contributed by atoms with Crippen LogP contribution in [0.3, 0.4) is 0 Å². The first kappa shape index (κ1) is 24.5. The van der Waals surface area contributed by atoms with E-state index in [9.17, 15) is 4.79 Å². The molecule has 1 aromatic rings. The van der Waals surface area contributed by atoms with Gasteiger partial charge < -0.3 is 19.9 Å². The average molecular weight is 476 g/mol. The summed E-state index contributed by atoms with van der Waals surface area (Å²) in [5.74, 6) is 1.58. The van der Waals surface area contributed by atoms with Crippen LogP contribution in [0.15, 0.2) is 29.3 Å². The molecule has 1 amide bonds. The van der Waals surface area contributed by atoms with E-state index < -0.39 is 0 Å². The molecule has 148 valence electrons. The van der Waals surface area contributed by atoms with Gasteiger partial charge in [-0.05, 0) is 25.5 Å². The number of ether oxygens (including phenoxy) is 1. The highest BCUT2D eigenvalue weighted by molar-refractivity contribution is 14.0. The molecule has 6 nitrogen and oxygen atoms in total. The third-order valence-corrected chi connectivity index (χ3v) is 3.75. The Morgan fingerprint density at radius 1 is 1.19 bits per heavy atom. The molecule has 0 atom stereocenters. The SMILES string of the molecule is CCCCNC(=NCC(=O)N(C)C)N(C)CCOc1ccc(C)cc1.I. The molecule has 1 aromatic carbocycles. The minimum Gasteiger partial charge on any atom is -0.492 e. The number of nitrogens with zero attached hydrogens (tertiary/aromatic N) is 3. The lowest BCUT2D eigenvalue weighted by Gasteiger charge is -2.23. The van der Waals surface area contributed by atoms with Crippen LogP contribution in [0.4, 0.5) is 0 Å². The molecule has 0 radical (unpaired) electrons. The van der Waals surface area contributed by atoms with Crippen LogP contribution in [0.1, 0.15) is 25.3 Å². The summed E-state index contributed by atoms with van der Waals surface area (Å²) < 4.78 is 5.77. The van der Waals surface area contributed by atoms with Crippen molar-refractivity contribution in [3.05, 3.63) is 29.8 Å². The number of nitrogens with one attached hydrogen (secondary N) is 1. The van der Waals surface area contributed by atoms with Gasteiger partial charge in [0, 0.05) is 27.7 Å². The van der Waals surface area contributed by atoms with E-state index in [1.807, 2.05) is 36.2 Å². The maximum atomic E-state index is 11.8.